The topological polar surface area (TPSA) is 16.4 Å². The van der Waals surface area contributed by atoms with Gasteiger partial charge in [0.2, 0.25) is 0 Å². The molecule has 2 heteroatoms. The number of anilines is 3. The number of furan rings is 1. The highest BCUT2D eigenvalue weighted by molar-refractivity contribution is 6.17. The Kier molecular flexibility index (Phi) is 8.19. The monoisotopic (exact) mass is 739 g/mol. The second kappa shape index (κ2) is 14.1. The van der Waals surface area contributed by atoms with Crippen molar-refractivity contribution in [3.63, 3.8) is 0 Å². The summed E-state index contributed by atoms with van der Waals surface area (Å²) in [6, 6.07) is 80.6. The quantitative estimate of drug-likeness (QED) is 0.151. The molecule has 0 atom stereocenters. The van der Waals surface area contributed by atoms with Crippen LogP contribution in [0.5, 0.6) is 0 Å². The molecule has 272 valence electrons. The van der Waals surface area contributed by atoms with Crippen LogP contribution < -0.4 is 4.90 Å². The van der Waals surface area contributed by atoms with Crippen LogP contribution in [0.25, 0.3) is 88.0 Å². The smallest absolute Gasteiger partial charge is 0.145 e. The van der Waals surface area contributed by atoms with E-state index < -0.39 is 0 Å². The molecule has 0 N–H and O–H groups in total. The number of rotatable bonds is 7. The standard InChI is InChI=1S/C56H37NO/c1-3-15-38(16-4-1)39-29-31-40(32-30-39)42-20-13-22-45(35-42)57(53-34-33-48(41-17-5-2-6-18-41)56-55(53)51-27-11-12-28-54(51)58-56)46-23-14-21-43(36-46)52-37-44-19-7-8-24-47(44)49-25-9-10-26-50(49)52/h1-37H. The molecule has 0 radical (unpaired) electrons. The second-order valence-corrected chi connectivity index (χ2v) is 14.9. The van der Waals surface area contributed by atoms with Crippen molar-refractivity contribution in [3.05, 3.63) is 224 Å². The molecule has 11 aromatic rings. The third-order valence-electron chi connectivity index (χ3n) is 11.4. The van der Waals surface area contributed by atoms with Crippen LogP contribution in [0.15, 0.2) is 229 Å². The van der Waals surface area contributed by atoms with Crippen LogP contribution in [0.2, 0.25) is 0 Å². The van der Waals surface area contributed by atoms with Crippen molar-refractivity contribution in [2.24, 2.45) is 0 Å². The summed E-state index contributed by atoms with van der Waals surface area (Å²) in [6.45, 7) is 0. The first-order chi connectivity index (χ1) is 28.8. The number of fused-ring (bicyclic) bond motifs is 6. The molecule has 11 rings (SSSR count). The van der Waals surface area contributed by atoms with Gasteiger partial charge < -0.3 is 9.32 Å². The summed E-state index contributed by atoms with van der Waals surface area (Å²) in [4.78, 5) is 2.41. The Morgan fingerprint density at radius 3 is 1.59 bits per heavy atom. The Balaban J connectivity index is 1.14. The molecular weight excluding hydrogens is 703 g/mol. The Hall–Kier alpha value is -7.68. The lowest BCUT2D eigenvalue weighted by atomic mass is 9.93. The fraction of sp³-hybridized carbons (Fsp3) is 0. The lowest BCUT2D eigenvalue weighted by Gasteiger charge is -2.28. The van der Waals surface area contributed by atoms with E-state index in [1.807, 2.05) is 6.07 Å². The number of hydrogen-bond acceptors (Lipinski definition) is 2. The Labute approximate surface area is 337 Å². The Morgan fingerprint density at radius 1 is 0.310 bits per heavy atom. The van der Waals surface area contributed by atoms with Gasteiger partial charge in [-0.15, -0.1) is 0 Å². The van der Waals surface area contributed by atoms with Gasteiger partial charge in [0, 0.05) is 22.3 Å². The second-order valence-electron chi connectivity index (χ2n) is 14.9. The van der Waals surface area contributed by atoms with E-state index in [9.17, 15) is 0 Å². The molecule has 0 unspecified atom stereocenters. The van der Waals surface area contributed by atoms with Crippen molar-refractivity contribution < 1.29 is 4.42 Å². The van der Waals surface area contributed by atoms with Gasteiger partial charge in [-0.25, -0.2) is 0 Å². The first-order valence-electron chi connectivity index (χ1n) is 19.8. The molecule has 0 fully saturated rings. The van der Waals surface area contributed by atoms with Crippen LogP contribution in [-0.2, 0) is 0 Å². The lowest BCUT2D eigenvalue weighted by molar-refractivity contribution is 0.670. The summed E-state index contributed by atoms with van der Waals surface area (Å²) in [6.07, 6.45) is 0. The maximum Gasteiger partial charge on any atom is 0.145 e. The molecule has 0 aliphatic heterocycles. The van der Waals surface area contributed by atoms with E-state index in [4.69, 9.17) is 4.42 Å². The summed E-state index contributed by atoms with van der Waals surface area (Å²) in [7, 11) is 0. The van der Waals surface area contributed by atoms with Crippen molar-refractivity contribution >= 4 is 60.5 Å². The van der Waals surface area contributed by atoms with Gasteiger partial charge in [-0.05, 0) is 109 Å². The molecule has 0 saturated heterocycles. The molecular formula is C56H37NO. The first kappa shape index (κ1) is 33.6. The fourth-order valence-electron chi connectivity index (χ4n) is 8.69. The van der Waals surface area contributed by atoms with Crippen molar-refractivity contribution in [2.75, 3.05) is 4.90 Å². The van der Waals surface area contributed by atoms with Gasteiger partial charge in [0.1, 0.15) is 11.2 Å². The molecule has 1 aromatic heterocycles. The predicted octanol–water partition coefficient (Wildman–Crippen LogP) is 16.0. The molecule has 0 bridgehead atoms. The van der Waals surface area contributed by atoms with Gasteiger partial charge in [-0.2, -0.15) is 0 Å². The van der Waals surface area contributed by atoms with E-state index in [1.54, 1.807) is 0 Å². The fourth-order valence-corrected chi connectivity index (χ4v) is 8.69. The summed E-state index contributed by atoms with van der Waals surface area (Å²) >= 11 is 0. The van der Waals surface area contributed by atoms with Gasteiger partial charge in [-0.3, -0.25) is 0 Å². The van der Waals surface area contributed by atoms with Gasteiger partial charge in [-0.1, -0.05) is 176 Å². The molecule has 58 heavy (non-hydrogen) atoms. The zero-order valence-electron chi connectivity index (χ0n) is 31.7. The summed E-state index contributed by atoms with van der Waals surface area (Å²) in [5, 5.41) is 7.15. The molecule has 10 aromatic carbocycles. The molecule has 0 aliphatic rings. The third kappa shape index (κ3) is 5.82. The van der Waals surface area contributed by atoms with Gasteiger partial charge in [0.25, 0.3) is 0 Å². The summed E-state index contributed by atoms with van der Waals surface area (Å²) in [5.41, 5.74) is 14.2. The Bertz CT molecular complexity index is 3270. The lowest BCUT2D eigenvalue weighted by Crippen LogP contribution is -2.11. The SMILES string of the molecule is c1ccc(-c2ccc(-c3cccc(N(c4cccc(-c5cc6ccccc6c6ccccc56)c4)c4ccc(-c5ccccc5)c5oc6ccccc6c45)c3)cc2)cc1. The van der Waals surface area contributed by atoms with Crippen LogP contribution >= 0.6 is 0 Å². The van der Waals surface area contributed by atoms with Crippen molar-refractivity contribution in [3.8, 4) is 44.5 Å². The molecule has 0 spiro atoms. The predicted molar refractivity (Wildman–Crippen MR) is 245 cm³/mol. The van der Waals surface area contributed by atoms with Crippen molar-refractivity contribution in [2.45, 2.75) is 0 Å². The van der Waals surface area contributed by atoms with E-state index in [2.05, 4.69) is 223 Å². The maximum atomic E-state index is 6.80. The van der Waals surface area contributed by atoms with Crippen LogP contribution in [0.4, 0.5) is 17.1 Å². The van der Waals surface area contributed by atoms with E-state index in [0.717, 1.165) is 66.8 Å². The average Bonchev–Trinajstić information content (AvgIpc) is 3.70. The van der Waals surface area contributed by atoms with Crippen LogP contribution in [-0.4, -0.2) is 0 Å². The average molecular weight is 740 g/mol. The zero-order chi connectivity index (χ0) is 38.4. The normalized spacial score (nSPS) is 11.4. The number of benzene rings is 10. The molecule has 0 saturated carbocycles. The minimum atomic E-state index is 0.866. The van der Waals surface area contributed by atoms with Gasteiger partial charge in [0.05, 0.1) is 11.1 Å². The van der Waals surface area contributed by atoms with E-state index in [0.29, 0.717) is 0 Å². The molecule has 0 aliphatic carbocycles. The molecule has 0 amide bonds. The molecule has 2 nitrogen and oxygen atoms in total. The number of nitrogens with zero attached hydrogens (tertiary/aromatic N) is 1. The maximum absolute atomic E-state index is 6.80. The van der Waals surface area contributed by atoms with Gasteiger partial charge in [0.15, 0.2) is 0 Å². The first-order valence-corrected chi connectivity index (χ1v) is 19.8. The summed E-state index contributed by atoms with van der Waals surface area (Å²) < 4.78 is 6.80. The van der Waals surface area contributed by atoms with E-state index >= 15 is 0 Å². The highest BCUT2D eigenvalue weighted by atomic mass is 16.3. The minimum absolute atomic E-state index is 0.866. The minimum Gasteiger partial charge on any atom is -0.455 e. The molecule has 1 heterocycles. The van der Waals surface area contributed by atoms with Gasteiger partial charge >= 0.3 is 0 Å². The highest BCUT2D eigenvalue weighted by Gasteiger charge is 2.23. The third-order valence-corrected chi connectivity index (χ3v) is 11.4. The van der Waals surface area contributed by atoms with Crippen LogP contribution in [0.3, 0.4) is 0 Å². The van der Waals surface area contributed by atoms with E-state index in [1.165, 1.54) is 38.2 Å². The number of para-hydroxylation sites is 1. The van der Waals surface area contributed by atoms with Crippen molar-refractivity contribution in [1.82, 2.24) is 0 Å². The zero-order valence-corrected chi connectivity index (χ0v) is 31.7. The summed E-state index contributed by atoms with van der Waals surface area (Å²) in [5.74, 6) is 0. The Morgan fingerprint density at radius 2 is 0.845 bits per heavy atom. The van der Waals surface area contributed by atoms with Crippen molar-refractivity contribution in [1.29, 1.82) is 0 Å². The number of hydrogen-bond donors (Lipinski definition) is 0. The van der Waals surface area contributed by atoms with Crippen LogP contribution in [0, 0.1) is 0 Å². The van der Waals surface area contributed by atoms with Crippen LogP contribution in [0.1, 0.15) is 0 Å². The van der Waals surface area contributed by atoms with E-state index in [-0.39, 0.29) is 0 Å². The largest absolute Gasteiger partial charge is 0.455 e. The highest BCUT2D eigenvalue weighted by Crippen LogP contribution is 2.47.